The van der Waals surface area contributed by atoms with E-state index in [1.165, 1.54) is 5.56 Å². The fraction of sp³-hybridized carbons (Fsp3) is 0.231. The predicted molar refractivity (Wildman–Crippen MR) is 76.2 cm³/mol. The van der Waals surface area contributed by atoms with E-state index in [1.54, 1.807) is 30.2 Å². The number of benzene rings is 1. The van der Waals surface area contributed by atoms with Crippen LogP contribution in [-0.2, 0) is 6.42 Å². The molecular weight excluding hydrogens is 250 g/mol. The second-order valence-corrected chi connectivity index (χ2v) is 5.55. The first-order chi connectivity index (χ1) is 8.29. The van der Waals surface area contributed by atoms with E-state index in [1.807, 2.05) is 18.2 Å². The number of ether oxygens (including phenoxy) is 1. The molecule has 2 N–H and O–H groups in total. The molecule has 0 saturated heterocycles. The highest BCUT2D eigenvalue weighted by molar-refractivity contribution is 7.99. The second kappa shape index (κ2) is 5.98. The molecule has 0 aliphatic heterocycles. The first-order valence-corrected chi connectivity index (χ1v) is 7.30. The maximum atomic E-state index is 5.93. The summed E-state index contributed by atoms with van der Waals surface area (Å²) in [5.41, 5.74) is 8.14. The van der Waals surface area contributed by atoms with E-state index in [0.717, 1.165) is 28.5 Å². The molecule has 0 saturated carbocycles. The molecule has 17 heavy (non-hydrogen) atoms. The third-order valence-corrected chi connectivity index (χ3v) is 4.25. The smallest absolute Gasteiger partial charge is 0.120 e. The van der Waals surface area contributed by atoms with Crippen molar-refractivity contribution in [3.05, 3.63) is 40.6 Å². The number of rotatable bonds is 5. The first-order valence-electron chi connectivity index (χ1n) is 5.37. The van der Waals surface area contributed by atoms with Crippen LogP contribution in [0.25, 0.3) is 0 Å². The molecule has 2 rings (SSSR count). The molecule has 2 aromatic rings. The molecular formula is C13H15NOS2. The number of anilines is 1. The van der Waals surface area contributed by atoms with Gasteiger partial charge in [-0.2, -0.15) is 11.3 Å². The largest absolute Gasteiger partial charge is 0.497 e. The molecule has 4 heteroatoms. The molecule has 0 unspecified atom stereocenters. The molecule has 0 amide bonds. The van der Waals surface area contributed by atoms with Crippen molar-refractivity contribution in [2.75, 3.05) is 18.6 Å². The van der Waals surface area contributed by atoms with Crippen molar-refractivity contribution in [2.45, 2.75) is 11.3 Å². The van der Waals surface area contributed by atoms with Crippen molar-refractivity contribution in [3.8, 4) is 5.75 Å². The SMILES string of the molecule is COc1ccc(N)c(SCCc2ccsc2)c1. The summed E-state index contributed by atoms with van der Waals surface area (Å²) in [6.07, 6.45) is 1.07. The maximum Gasteiger partial charge on any atom is 0.120 e. The lowest BCUT2D eigenvalue weighted by Gasteiger charge is -2.07. The minimum atomic E-state index is 0.820. The molecule has 0 aliphatic rings. The molecule has 0 spiro atoms. The lowest BCUT2D eigenvalue weighted by atomic mass is 10.3. The van der Waals surface area contributed by atoms with Gasteiger partial charge in [0.05, 0.1) is 7.11 Å². The summed E-state index contributed by atoms with van der Waals surface area (Å²) in [5, 5.41) is 4.30. The summed E-state index contributed by atoms with van der Waals surface area (Å²) in [6, 6.07) is 7.94. The lowest BCUT2D eigenvalue weighted by molar-refractivity contribution is 0.414. The topological polar surface area (TPSA) is 35.2 Å². The summed E-state index contributed by atoms with van der Waals surface area (Å²) in [6.45, 7) is 0. The van der Waals surface area contributed by atoms with Gasteiger partial charge in [-0.1, -0.05) is 0 Å². The number of hydrogen-bond acceptors (Lipinski definition) is 4. The van der Waals surface area contributed by atoms with Crippen LogP contribution in [0, 0.1) is 0 Å². The molecule has 0 aliphatic carbocycles. The summed E-state index contributed by atoms with van der Waals surface area (Å²) < 4.78 is 5.19. The van der Waals surface area contributed by atoms with E-state index in [-0.39, 0.29) is 0 Å². The van der Waals surface area contributed by atoms with Gasteiger partial charge in [-0.3, -0.25) is 0 Å². The van der Waals surface area contributed by atoms with Crippen molar-refractivity contribution in [1.29, 1.82) is 0 Å². The van der Waals surface area contributed by atoms with Crippen molar-refractivity contribution < 1.29 is 4.74 Å². The Morgan fingerprint density at radius 1 is 1.35 bits per heavy atom. The standard InChI is InChI=1S/C13H15NOS2/c1-15-11-2-3-12(14)13(8-11)17-7-5-10-4-6-16-9-10/h2-4,6,8-9H,5,7,14H2,1H3. The van der Waals surface area contributed by atoms with Crippen LogP contribution in [0.1, 0.15) is 5.56 Å². The van der Waals surface area contributed by atoms with Gasteiger partial charge in [0.1, 0.15) is 5.75 Å². The Balaban J connectivity index is 1.94. The van der Waals surface area contributed by atoms with Gasteiger partial charge in [0.15, 0.2) is 0 Å². The Morgan fingerprint density at radius 3 is 2.94 bits per heavy atom. The molecule has 90 valence electrons. The second-order valence-electron chi connectivity index (χ2n) is 3.63. The van der Waals surface area contributed by atoms with Crippen LogP contribution in [0.3, 0.4) is 0 Å². The zero-order chi connectivity index (χ0) is 12.1. The number of methoxy groups -OCH3 is 1. The number of nitrogen functional groups attached to an aromatic ring is 1. The van der Waals surface area contributed by atoms with Gasteiger partial charge in [0.2, 0.25) is 0 Å². The number of thiophene rings is 1. The van der Waals surface area contributed by atoms with E-state index in [9.17, 15) is 0 Å². The van der Waals surface area contributed by atoms with Crippen LogP contribution in [-0.4, -0.2) is 12.9 Å². The monoisotopic (exact) mass is 265 g/mol. The Bertz CT molecular complexity index is 468. The van der Waals surface area contributed by atoms with Gasteiger partial charge in [-0.25, -0.2) is 0 Å². The number of aryl methyl sites for hydroxylation is 1. The summed E-state index contributed by atoms with van der Waals surface area (Å²) in [7, 11) is 1.67. The molecule has 1 aromatic heterocycles. The van der Waals surface area contributed by atoms with Crippen molar-refractivity contribution >= 4 is 28.8 Å². The van der Waals surface area contributed by atoms with Gasteiger partial charge in [0, 0.05) is 16.3 Å². The number of thioether (sulfide) groups is 1. The van der Waals surface area contributed by atoms with Crippen LogP contribution < -0.4 is 10.5 Å². The van der Waals surface area contributed by atoms with Crippen LogP contribution in [0.2, 0.25) is 0 Å². The first kappa shape index (κ1) is 12.3. The molecule has 2 nitrogen and oxygen atoms in total. The zero-order valence-corrected chi connectivity index (χ0v) is 11.3. The van der Waals surface area contributed by atoms with Gasteiger partial charge in [0.25, 0.3) is 0 Å². The lowest BCUT2D eigenvalue weighted by Crippen LogP contribution is -1.92. The highest BCUT2D eigenvalue weighted by atomic mass is 32.2. The summed E-state index contributed by atoms with van der Waals surface area (Å²) in [4.78, 5) is 1.10. The van der Waals surface area contributed by atoms with Crippen LogP contribution in [0.15, 0.2) is 39.9 Å². The van der Waals surface area contributed by atoms with Crippen LogP contribution in [0.5, 0.6) is 5.75 Å². The maximum absolute atomic E-state index is 5.93. The van der Waals surface area contributed by atoms with Gasteiger partial charge in [-0.15, -0.1) is 11.8 Å². The third kappa shape index (κ3) is 3.41. The predicted octanol–water partition coefficient (Wildman–Crippen LogP) is 3.67. The van der Waals surface area contributed by atoms with E-state index in [4.69, 9.17) is 10.5 Å². The van der Waals surface area contributed by atoms with Crippen molar-refractivity contribution in [3.63, 3.8) is 0 Å². The summed E-state index contributed by atoms with van der Waals surface area (Å²) >= 11 is 3.52. The highest BCUT2D eigenvalue weighted by Gasteiger charge is 2.02. The van der Waals surface area contributed by atoms with Gasteiger partial charge < -0.3 is 10.5 Å². The summed E-state index contributed by atoms with van der Waals surface area (Å²) in [5.74, 6) is 1.89. The highest BCUT2D eigenvalue weighted by Crippen LogP contribution is 2.29. The van der Waals surface area contributed by atoms with Gasteiger partial charge in [-0.05, 0) is 47.0 Å². The average Bonchev–Trinajstić information content (AvgIpc) is 2.84. The molecule has 0 atom stereocenters. The van der Waals surface area contributed by atoms with Crippen molar-refractivity contribution in [1.82, 2.24) is 0 Å². The van der Waals surface area contributed by atoms with E-state index < -0.39 is 0 Å². The third-order valence-electron chi connectivity index (χ3n) is 2.45. The van der Waals surface area contributed by atoms with E-state index in [0.29, 0.717) is 0 Å². The number of nitrogens with two attached hydrogens (primary N) is 1. The van der Waals surface area contributed by atoms with Crippen molar-refractivity contribution in [2.24, 2.45) is 0 Å². The minimum Gasteiger partial charge on any atom is -0.497 e. The Labute approximate surface area is 110 Å². The fourth-order valence-corrected chi connectivity index (χ4v) is 3.18. The fourth-order valence-electron chi connectivity index (χ4n) is 1.48. The van der Waals surface area contributed by atoms with E-state index >= 15 is 0 Å². The molecule has 1 heterocycles. The average molecular weight is 265 g/mol. The van der Waals surface area contributed by atoms with Crippen LogP contribution in [0.4, 0.5) is 5.69 Å². The normalized spacial score (nSPS) is 10.4. The van der Waals surface area contributed by atoms with Gasteiger partial charge >= 0.3 is 0 Å². The Morgan fingerprint density at radius 2 is 2.24 bits per heavy atom. The minimum absolute atomic E-state index is 0.820. The Hall–Kier alpha value is -1.13. The quantitative estimate of drug-likeness (QED) is 0.661. The number of hydrogen-bond donors (Lipinski definition) is 1. The zero-order valence-electron chi connectivity index (χ0n) is 9.68. The molecule has 0 fully saturated rings. The van der Waals surface area contributed by atoms with Crippen LogP contribution >= 0.6 is 23.1 Å². The molecule has 0 bridgehead atoms. The Kier molecular flexibility index (Phi) is 4.34. The molecule has 0 radical (unpaired) electrons. The van der Waals surface area contributed by atoms with E-state index in [2.05, 4.69) is 16.8 Å². The molecule has 1 aromatic carbocycles.